The summed E-state index contributed by atoms with van der Waals surface area (Å²) in [6.07, 6.45) is 6.81. The smallest absolute Gasteiger partial charge is 0.163 e. The van der Waals surface area contributed by atoms with Crippen molar-refractivity contribution in [3.05, 3.63) is 34.1 Å². The van der Waals surface area contributed by atoms with Crippen molar-refractivity contribution in [3.63, 3.8) is 0 Å². The van der Waals surface area contributed by atoms with E-state index < -0.39 is 0 Å². The second-order valence-electron chi connectivity index (χ2n) is 2.96. The van der Waals surface area contributed by atoms with Crippen LogP contribution in [0.3, 0.4) is 0 Å². The number of hydrogen-bond acceptors (Lipinski definition) is 2. The van der Waals surface area contributed by atoms with E-state index in [9.17, 15) is 4.79 Å². The highest BCUT2D eigenvalue weighted by Crippen LogP contribution is 2.27. The predicted octanol–water partition coefficient (Wildman–Crippen LogP) is 2.81. The molecule has 0 N–H and O–H groups in total. The minimum atomic E-state index is 0.305. The Morgan fingerprint density at radius 2 is 2.00 bits per heavy atom. The largest absolute Gasteiger partial charge is 0.294 e. The zero-order valence-electron chi connectivity index (χ0n) is 6.75. The summed E-state index contributed by atoms with van der Waals surface area (Å²) in [5.41, 5.74) is 2.15. The van der Waals surface area contributed by atoms with Crippen LogP contribution in [-0.2, 0) is 4.79 Å². The molecule has 0 aromatic rings. The van der Waals surface area contributed by atoms with Crippen molar-refractivity contribution in [2.24, 2.45) is 0 Å². The Morgan fingerprint density at radius 1 is 1.17 bits per heavy atom. The molecule has 2 aliphatic rings. The molecule has 1 nitrogen and oxygen atoms in total. The molecule has 0 aromatic heterocycles. The second-order valence-corrected chi connectivity index (χ2v) is 3.77. The number of carbonyl (C=O) groups excluding carboxylic acids is 1. The van der Waals surface area contributed by atoms with Crippen LogP contribution in [0, 0.1) is 0 Å². The van der Waals surface area contributed by atoms with Gasteiger partial charge in [0, 0.05) is 12.0 Å². The molecule has 1 aliphatic heterocycles. The Bertz CT molecular complexity index is 297. The van der Waals surface area contributed by atoms with E-state index in [0.717, 1.165) is 24.8 Å². The molecule has 0 spiro atoms. The fourth-order valence-electron chi connectivity index (χ4n) is 1.54. The summed E-state index contributed by atoms with van der Waals surface area (Å²) < 4.78 is 0. The summed E-state index contributed by atoms with van der Waals surface area (Å²) in [6, 6.07) is 0. The molecule has 62 valence electrons. The van der Waals surface area contributed by atoms with E-state index >= 15 is 0 Å². The van der Waals surface area contributed by atoms with Gasteiger partial charge in [-0.3, -0.25) is 4.79 Å². The van der Waals surface area contributed by atoms with Gasteiger partial charge in [0.15, 0.2) is 5.78 Å². The minimum Gasteiger partial charge on any atom is -0.294 e. The number of hydrogen-bond donors (Lipinski definition) is 0. The molecule has 0 bridgehead atoms. The van der Waals surface area contributed by atoms with E-state index in [1.807, 2.05) is 16.9 Å². The molecule has 0 saturated carbocycles. The summed E-state index contributed by atoms with van der Waals surface area (Å²) in [6.45, 7) is 0. The first-order valence-electron chi connectivity index (χ1n) is 4.13. The summed E-state index contributed by atoms with van der Waals surface area (Å²) in [5.74, 6) is 0.305. The molecule has 2 rings (SSSR count). The summed E-state index contributed by atoms with van der Waals surface area (Å²) in [4.78, 5) is 11.4. The molecule has 12 heavy (non-hydrogen) atoms. The van der Waals surface area contributed by atoms with Crippen LogP contribution in [-0.4, -0.2) is 5.78 Å². The first-order valence-corrected chi connectivity index (χ1v) is 5.07. The van der Waals surface area contributed by atoms with Crippen molar-refractivity contribution in [3.8, 4) is 0 Å². The fraction of sp³-hybridized carbons (Fsp3) is 0.300. The maximum atomic E-state index is 11.4. The van der Waals surface area contributed by atoms with Crippen molar-refractivity contribution in [2.75, 3.05) is 0 Å². The maximum Gasteiger partial charge on any atom is 0.163 e. The van der Waals surface area contributed by atoms with Crippen LogP contribution in [0.15, 0.2) is 34.1 Å². The van der Waals surface area contributed by atoms with Gasteiger partial charge in [0.1, 0.15) is 0 Å². The zero-order valence-corrected chi connectivity index (χ0v) is 7.56. The predicted molar refractivity (Wildman–Crippen MR) is 51.8 cm³/mol. The Balaban J connectivity index is 2.43. The molecule has 0 amide bonds. The molecule has 0 radical (unpaired) electrons. The van der Waals surface area contributed by atoms with Gasteiger partial charge in [0.25, 0.3) is 0 Å². The Morgan fingerprint density at radius 3 is 2.92 bits per heavy atom. The van der Waals surface area contributed by atoms with E-state index in [0.29, 0.717) is 5.78 Å². The number of ketones is 1. The van der Waals surface area contributed by atoms with Crippen LogP contribution in [0.4, 0.5) is 0 Å². The summed E-state index contributed by atoms with van der Waals surface area (Å²) in [5, 5.41) is 4.01. The van der Waals surface area contributed by atoms with Crippen molar-refractivity contribution in [2.45, 2.75) is 19.3 Å². The Kier molecular flexibility index (Phi) is 2.17. The average Bonchev–Trinajstić information content (AvgIpc) is 2.30. The highest BCUT2D eigenvalue weighted by Gasteiger charge is 2.17. The molecule has 0 aromatic carbocycles. The topological polar surface area (TPSA) is 17.1 Å². The van der Waals surface area contributed by atoms with Crippen molar-refractivity contribution in [1.29, 1.82) is 0 Å². The normalized spacial score (nSPS) is 22.5. The Hall–Kier alpha value is -0.760. The SMILES string of the molecule is O=C1CCCC2=C1C=CSC=C2. The molecule has 1 aliphatic carbocycles. The standard InChI is InChI=1S/C10H10OS/c11-10-3-1-2-8-4-6-12-7-5-9(8)10/h4-7H,1-3H2. The number of carbonyl (C=O) groups is 1. The van der Waals surface area contributed by atoms with Gasteiger partial charge in [-0.15, -0.1) is 11.8 Å². The highest BCUT2D eigenvalue weighted by atomic mass is 32.2. The number of Topliss-reactive ketones (excluding diaryl/α,β-unsaturated/α-hetero) is 1. The van der Waals surface area contributed by atoms with E-state index in [1.165, 1.54) is 5.57 Å². The molecular weight excluding hydrogens is 168 g/mol. The van der Waals surface area contributed by atoms with Crippen molar-refractivity contribution >= 4 is 17.5 Å². The molecule has 0 saturated heterocycles. The molecule has 0 atom stereocenters. The van der Waals surface area contributed by atoms with Crippen molar-refractivity contribution < 1.29 is 4.79 Å². The van der Waals surface area contributed by atoms with Crippen LogP contribution < -0.4 is 0 Å². The lowest BCUT2D eigenvalue weighted by Gasteiger charge is -2.12. The van der Waals surface area contributed by atoms with Gasteiger partial charge in [-0.2, -0.15) is 0 Å². The van der Waals surface area contributed by atoms with Gasteiger partial charge in [-0.05, 0) is 35.3 Å². The first-order chi connectivity index (χ1) is 5.88. The van der Waals surface area contributed by atoms with E-state index in [1.54, 1.807) is 11.8 Å². The average molecular weight is 178 g/mol. The lowest BCUT2D eigenvalue weighted by molar-refractivity contribution is -0.115. The van der Waals surface area contributed by atoms with Gasteiger partial charge >= 0.3 is 0 Å². The number of allylic oxidation sites excluding steroid dienone is 4. The monoisotopic (exact) mass is 178 g/mol. The first kappa shape index (κ1) is 7.87. The van der Waals surface area contributed by atoms with E-state index in [2.05, 4.69) is 6.08 Å². The van der Waals surface area contributed by atoms with Gasteiger partial charge in [-0.25, -0.2) is 0 Å². The zero-order chi connectivity index (χ0) is 8.39. The molecule has 0 unspecified atom stereocenters. The van der Waals surface area contributed by atoms with Gasteiger partial charge in [-0.1, -0.05) is 6.08 Å². The quantitative estimate of drug-likeness (QED) is 0.567. The second kappa shape index (κ2) is 3.31. The van der Waals surface area contributed by atoms with E-state index in [-0.39, 0.29) is 0 Å². The minimum absolute atomic E-state index is 0.305. The lowest BCUT2D eigenvalue weighted by atomic mass is 9.91. The van der Waals surface area contributed by atoms with Gasteiger partial charge < -0.3 is 0 Å². The Labute approximate surface area is 76.2 Å². The fourth-order valence-corrected chi connectivity index (χ4v) is 2.08. The highest BCUT2D eigenvalue weighted by molar-refractivity contribution is 8.04. The number of thioether (sulfide) groups is 1. The maximum absolute atomic E-state index is 11.4. The lowest BCUT2D eigenvalue weighted by Crippen LogP contribution is -2.08. The van der Waals surface area contributed by atoms with Crippen LogP contribution in [0.5, 0.6) is 0 Å². The summed E-state index contributed by atoms with van der Waals surface area (Å²) >= 11 is 1.63. The molecular formula is C10H10OS. The molecule has 0 fully saturated rings. The van der Waals surface area contributed by atoms with Crippen LogP contribution >= 0.6 is 11.8 Å². The third-order valence-electron chi connectivity index (χ3n) is 2.16. The van der Waals surface area contributed by atoms with Crippen LogP contribution in [0.25, 0.3) is 0 Å². The third kappa shape index (κ3) is 1.39. The van der Waals surface area contributed by atoms with Crippen LogP contribution in [0.1, 0.15) is 19.3 Å². The summed E-state index contributed by atoms with van der Waals surface area (Å²) in [7, 11) is 0. The molecule has 1 heterocycles. The van der Waals surface area contributed by atoms with E-state index in [4.69, 9.17) is 0 Å². The van der Waals surface area contributed by atoms with Crippen LogP contribution in [0.2, 0.25) is 0 Å². The molecule has 2 heteroatoms. The van der Waals surface area contributed by atoms with Gasteiger partial charge in [0.05, 0.1) is 0 Å². The van der Waals surface area contributed by atoms with Crippen molar-refractivity contribution in [1.82, 2.24) is 0 Å². The third-order valence-corrected chi connectivity index (χ3v) is 2.74. The number of rotatable bonds is 0. The van der Waals surface area contributed by atoms with Gasteiger partial charge in [0.2, 0.25) is 0 Å².